The number of halogens is 1. The van der Waals surface area contributed by atoms with E-state index in [4.69, 9.17) is 11.6 Å². The zero-order valence-corrected chi connectivity index (χ0v) is 20.8. The van der Waals surface area contributed by atoms with Crippen LogP contribution in [0.3, 0.4) is 0 Å². The van der Waals surface area contributed by atoms with Gasteiger partial charge in [0.25, 0.3) is 0 Å². The summed E-state index contributed by atoms with van der Waals surface area (Å²) in [4.78, 5) is 27.0. The molecule has 1 atom stereocenters. The minimum Gasteiger partial charge on any atom is -0.325 e. The van der Waals surface area contributed by atoms with Crippen molar-refractivity contribution < 1.29 is 18.0 Å². The van der Waals surface area contributed by atoms with Crippen molar-refractivity contribution in [2.24, 2.45) is 0 Å². The first-order valence-corrected chi connectivity index (χ1v) is 13.2. The summed E-state index contributed by atoms with van der Waals surface area (Å²) in [5.74, 6) is -0.486. The number of rotatable bonds is 8. The Morgan fingerprint density at radius 3 is 2.43 bits per heavy atom. The fourth-order valence-corrected chi connectivity index (χ4v) is 5.42. The largest absolute Gasteiger partial charge is 0.325 e. The maximum absolute atomic E-state index is 13.3. The van der Waals surface area contributed by atoms with Crippen LogP contribution < -0.4 is 14.9 Å². The average Bonchev–Trinajstić information content (AvgIpc) is 3.28. The van der Waals surface area contributed by atoms with E-state index in [9.17, 15) is 18.0 Å². The molecule has 0 saturated carbocycles. The Morgan fingerprint density at radius 1 is 1.03 bits per heavy atom. The second-order valence-electron chi connectivity index (χ2n) is 8.30. The van der Waals surface area contributed by atoms with Gasteiger partial charge in [-0.15, -0.1) is 0 Å². The molecule has 0 radical (unpaired) electrons. The third kappa shape index (κ3) is 5.90. The van der Waals surface area contributed by atoms with E-state index in [0.717, 1.165) is 16.8 Å². The first-order chi connectivity index (χ1) is 16.8. The highest BCUT2D eigenvalue weighted by Crippen LogP contribution is 2.30. The molecule has 4 rings (SSSR count). The lowest BCUT2D eigenvalue weighted by molar-refractivity contribution is -0.118. The summed E-state index contributed by atoms with van der Waals surface area (Å²) in [6.45, 7) is 2.32. The van der Waals surface area contributed by atoms with E-state index in [1.807, 2.05) is 30.3 Å². The molecule has 1 aliphatic rings. The monoisotopic (exact) mass is 511 g/mol. The molecule has 182 valence electrons. The van der Waals surface area contributed by atoms with Crippen molar-refractivity contribution in [3.05, 3.63) is 88.9 Å². The lowest BCUT2D eigenvalue weighted by atomic mass is 10.1. The van der Waals surface area contributed by atoms with Crippen LogP contribution in [-0.2, 0) is 32.5 Å². The third-order valence-electron chi connectivity index (χ3n) is 5.87. The minimum absolute atomic E-state index is 0.000669. The number of fused-ring (bicyclic) bond motifs is 1. The lowest BCUT2D eigenvalue weighted by Crippen LogP contribution is -2.45. The molecule has 0 aliphatic carbocycles. The van der Waals surface area contributed by atoms with E-state index < -0.39 is 22.0 Å². The van der Waals surface area contributed by atoms with Crippen molar-refractivity contribution in [1.29, 1.82) is 0 Å². The number of benzene rings is 3. The van der Waals surface area contributed by atoms with Crippen molar-refractivity contribution in [3.63, 3.8) is 0 Å². The van der Waals surface area contributed by atoms with E-state index in [1.54, 1.807) is 48.2 Å². The predicted octanol–water partition coefficient (Wildman–Crippen LogP) is 4.17. The number of sulfonamides is 1. The van der Waals surface area contributed by atoms with Crippen LogP contribution in [0.4, 0.5) is 11.4 Å². The highest BCUT2D eigenvalue weighted by Gasteiger charge is 2.29. The molecule has 2 amide bonds. The van der Waals surface area contributed by atoms with E-state index in [1.165, 1.54) is 6.07 Å². The van der Waals surface area contributed by atoms with Crippen LogP contribution in [0, 0.1) is 0 Å². The molecule has 7 nitrogen and oxygen atoms in total. The molecule has 9 heteroatoms. The van der Waals surface area contributed by atoms with Crippen molar-refractivity contribution in [2.45, 2.75) is 37.1 Å². The second-order valence-corrected chi connectivity index (χ2v) is 10.4. The summed E-state index contributed by atoms with van der Waals surface area (Å²) in [5.41, 5.74) is 2.85. The van der Waals surface area contributed by atoms with Gasteiger partial charge in [0, 0.05) is 29.4 Å². The van der Waals surface area contributed by atoms with Crippen LogP contribution in [0.2, 0.25) is 5.02 Å². The van der Waals surface area contributed by atoms with Gasteiger partial charge in [0.15, 0.2) is 0 Å². The second kappa shape index (κ2) is 10.6. The van der Waals surface area contributed by atoms with Crippen LogP contribution in [-0.4, -0.2) is 32.8 Å². The fourth-order valence-electron chi connectivity index (χ4n) is 4.05. The van der Waals surface area contributed by atoms with Crippen LogP contribution in [0.5, 0.6) is 0 Å². The minimum atomic E-state index is -4.02. The summed E-state index contributed by atoms with van der Waals surface area (Å²) in [7, 11) is -4.02. The Balaban J connectivity index is 1.58. The topological polar surface area (TPSA) is 95.6 Å². The molecule has 1 heterocycles. The van der Waals surface area contributed by atoms with Gasteiger partial charge in [-0.2, -0.15) is 4.72 Å². The highest BCUT2D eigenvalue weighted by atomic mass is 35.5. The number of hydrogen-bond acceptors (Lipinski definition) is 4. The van der Waals surface area contributed by atoms with E-state index >= 15 is 0 Å². The van der Waals surface area contributed by atoms with Gasteiger partial charge in [-0.1, -0.05) is 48.9 Å². The highest BCUT2D eigenvalue weighted by molar-refractivity contribution is 7.89. The molecular formula is C26H26ClN3O4S. The van der Waals surface area contributed by atoms with Crippen molar-refractivity contribution in [3.8, 4) is 0 Å². The summed E-state index contributed by atoms with van der Waals surface area (Å²) < 4.78 is 29.2. The van der Waals surface area contributed by atoms with Gasteiger partial charge < -0.3 is 10.2 Å². The van der Waals surface area contributed by atoms with Crippen LogP contribution in [0.1, 0.15) is 24.5 Å². The Morgan fingerprint density at radius 2 is 1.74 bits per heavy atom. The van der Waals surface area contributed by atoms with E-state index in [2.05, 4.69) is 10.0 Å². The average molecular weight is 512 g/mol. The number of anilines is 2. The number of carbonyl (C=O) groups is 2. The van der Waals surface area contributed by atoms with Crippen LogP contribution in [0.15, 0.2) is 77.7 Å². The van der Waals surface area contributed by atoms with Gasteiger partial charge in [-0.25, -0.2) is 8.42 Å². The standard InChI is InChI=1S/C26H26ClN3O4S/c1-2-25(31)30-15-14-19-17-22(12-13-24(19)30)35(33,34)29-23(16-18-6-4-3-5-7-18)26(32)28-21-10-8-20(27)9-11-21/h3-13,17,23,29H,2,14-16H2,1H3,(H,28,32)/t23-/m1/s1. The molecule has 0 aromatic heterocycles. The maximum atomic E-state index is 13.3. The van der Waals surface area contributed by atoms with Crippen LogP contribution in [0.25, 0.3) is 0 Å². The van der Waals surface area contributed by atoms with Crippen LogP contribution >= 0.6 is 11.6 Å². The zero-order chi connectivity index (χ0) is 25.0. The van der Waals surface area contributed by atoms with Gasteiger partial charge in [-0.3, -0.25) is 9.59 Å². The first kappa shape index (κ1) is 24.9. The SMILES string of the molecule is CCC(=O)N1CCc2cc(S(=O)(=O)N[C@H](Cc3ccccc3)C(=O)Nc3ccc(Cl)cc3)ccc21. The molecule has 0 fully saturated rings. The third-order valence-corrected chi connectivity index (χ3v) is 7.59. The van der Waals surface area contributed by atoms with Gasteiger partial charge in [0.2, 0.25) is 21.8 Å². The molecule has 0 saturated heterocycles. The normalized spacial score (nSPS) is 13.8. The number of nitrogens with zero attached hydrogens (tertiary/aromatic N) is 1. The fraction of sp³-hybridized carbons (Fsp3) is 0.231. The Kier molecular flexibility index (Phi) is 7.54. The molecule has 35 heavy (non-hydrogen) atoms. The number of amides is 2. The summed E-state index contributed by atoms with van der Waals surface area (Å²) in [5, 5.41) is 3.29. The Labute approximate surface area is 210 Å². The molecular weight excluding hydrogens is 486 g/mol. The Bertz CT molecular complexity index is 1330. The van der Waals surface area contributed by atoms with Gasteiger partial charge >= 0.3 is 0 Å². The molecule has 0 unspecified atom stereocenters. The lowest BCUT2D eigenvalue weighted by Gasteiger charge is -2.20. The number of carbonyl (C=O) groups excluding carboxylic acids is 2. The van der Waals surface area contributed by atoms with Crippen molar-refractivity contribution >= 4 is 44.8 Å². The van der Waals surface area contributed by atoms with E-state index in [0.29, 0.717) is 30.1 Å². The molecule has 2 N–H and O–H groups in total. The maximum Gasteiger partial charge on any atom is 0.242 e. The van der Waals surface area contributed by atoms with Crippen molar-refractivity contribution in [1.82, 2.24) is 4.72 Å². The molecule has 1 aliphatic heterocycles. The molecule has 3 aromatic carbocycles. The van der Waals surface area contributed by atoms with Gasteiger partial charge in [0.1, 0.15) is 6.04 Å². The first-order valence-electron chi connectivity index (χ1n) is 11.3. The summed E-state index contributed by atoms with van der Waals surface area (Å²) in [6.07, 6.45) is 1.13. The molecule has 0 spiro atoms. The quantitative estimate of drug-likeness (QED) is 0.474. The number of hydrogen-bond donors (Lipinski definition) is 2. The van der Waals surface area contributed by atoms with Gasteiger partial charge in [-0.05, 0) is 66.4 Å². The van der Waals surface area contributed by atoms with Gasteiger partial charge in [0.05, 0.1) is 4.90 Å². The predicted molar refractivity (Wildman–Crippen MR) is 137 cm³/mol. The summed E-state index contributed by atoms with van der Waals surface area (Å²) >= 11 is 5.92. The number of nitrogens with one attached hydrogen (secondary N) is 2. The molecule has 3 aromatic rings. The Hall–Kier alpha value is -3.20. The zero-order valence-electron chi connectivity index (χ0n) is 19.2. The van der Waals surface area contributed by atoms with Crippen molar-refractivity contribution in [2.75, 3.05) is 16.8 Å². The summed E-state index contributed by atoms with van der Waals surface area (Å²) in [6, 6.07) is 19.4. The smallest absolute Gasteiger partial charge is 0.242 e. The molecule has 0 bridgehead atoms. The van der Waals surface area contributed by atoms with E-state index in [-0.39, 0.29) is 17.2 Å².